The molecule has 0 aromatic rings. The molecular formula is C14H24BrNO2. The van der Waals surface area contributed by atoms with Crippen LogP contribution in [0.5, 0.6) is 0 Å². The molecule has 0 radical (unpaired) electrons. The van der Waals surface area contributed by atoms with Crippen LogP contribution in [-0.2, 0) is 9.53 Å². The average molecular weight is 318 g/mol. The molecule has 1 heterocycles. The zero-order valence-electron chi connectivity index (χ0n) is 11.2. The summed E-state index contributed by atoms with van der Waals surface area (Å²) in [5.41, 5.74) is 0. The highest BCUT2D eigenvalue weighted by molar-refractivity contribution is 9.09. The zero-order valence-corrected chi connectivity index (χ0v) is 12.7. The molecule has 0 spiro atoms. The second-order valence-corrected chi connectivity index (χ2v) is 6.36. The van der Waals surface area contributed by atoms with Crippen molar-refractivity contribution in [3.05, 3.63) is 0 Å². The van der Waals surface area contributed by atoms with Crippen LogP contribution in [0, 0.1) is 11.8 Å². The minimum atomic E-state index is -0.203. The third kappa shape index (κ3) is 3.70. The third-order valence-corrected chi connectivity index (χ3v) is 5.16. The van der Waals surface area contributed by atoms with Gasteiger partial charge in [0.05, 0.1) is 6.10 Å². The Labute approximate surface area is 118 Å². The Kier molecular flexibility index (Phi) is 5.49. The van der Waals surface area contributed by atoms with Crippen LogP contribution in [0.1, 0.15) is 45.4 Å². The second-order valence-electron chi connectivity index (χ2n) is 5.72. The molecule has 0 bridgehead atoms. The number of halogens is 1. The smallest absolute Gasteiger partial charge is 0.249 e. The second kappa shape index (κ2) is 6.90. The maximum absolute atomic E-state index is 12.0. The predicted octanol–water partition coefficient (Wildman–Crippen LogP) is 2.87. The molecule has 1 saturated heterocycles. The molecule has 1 aliphatic carbocycles. The number of carbonyl (C=O) groups excluding carboxylic acids is 1. The van der Waals surface area contributed by atoms with E-state index in [1.807, 2.05) is 6.92 Å². The topological polar surface area (TPSA) is 38.3 Å². The molecule has 0 aromatic carbocycles. The Bertz CT molecular complexity index is 285. The Balaban J connectivity index is 1.74. The first-order valence-electron chi connectivity index (χ1n) is 7.20. The summed E-state index contributed by atoms with van der Waals surface area (Å²) in [5.74, 6) is 1.46. The predicted molar refractivity (Wildman–Crippen MR) is 75.8 cm³/mol. The fraction of sp³-hybridized carbons (Fsp3) is 0.929. The van der Waals surface area contributed by atoms with Gasteiger partial charge in [0.1, 0.15) is 6.10 Å². The normalized spacial score (nSPS) is 36.6. The molecular weight excluding hydrogens is 294 g/mol. The average Bonchev–Trinajstić information content (AvgIpc) is 2.83. The van der Waals surface area contributed by atoms with E-state index in [4.69, 9.17) is 4.74 Å². The summed E-state index contributed by atoms with van der Waals surface area (Å²) in [6, 6.07) is 0. The van der Waals surface area contributed by atoms with E-state index < -0.39 is 0 Å². The van der Waals surface area contributed by atoms with Crippen molar-refractivity contribution >= 4 is 21.8 Å². The highest BCUT2D eigenvalue weighted by Gasteiger charge is 2.29. The molecule has 3 nitrogen and oxygen atoms in total. The van der Waals surface area contributed by atoms with Crippen molar-refractivity contribution in [2.75, 3.05) is 11.9 Å². The van der Waals surface area contributed by atoms with Crippen LogP contribution in [0.4, 0.5) is 0 Å². The van der Waals surface area contributed by atoms with Gasteiger partial charge >= 0.3 is 0 Å². The van der Waals surface area contributed by atoms with Gasteiger partial charge in [0, 0.05) is 11.9 Å². The van der Waals surface area contributed by atoms with E-state index in [1.165, 1.54) is 25.7 Å². The Morgan fingerprint density at radius 3 is 2.56 bits per heavy atom. The molecule has 18 heavy (non-hydrogen) atoms. The number of rotatable bonds is 4. The molecule has 0 aromatic heterocycles. The number of nitrogens with one attached hydrogen (secondary N) is 1. The van der Waals surface area contributed by atoms with Crippen molar-refractivity contribution in [1.29, 1.82) is 0 Å². The number of carbonyl (C=O) groups is 1. The Morgan fingerprint density at radius 1 is 1.22 bits per heavy atom. The lowest BCUT2D eigenvalue weighted by Gasteiger charge is -2.30. The summed E-state index contributed by atoms with van der Waals surface area (Å²) in [6.07, 6.45) is 7.11. The van der Waals surface area contributed by atoms with Crippen molar-refractivity contribution in [1.82, 2.24) is 5.32 Å². The first-order valence-corrected chi connectivity index (χ1v) is 8.32. The summed E-state index contributed by atoms with van der Waals surface area (Å²) >= 11 is 3.60. The van der Waals surface area contributed by atoms with Gasteiger partial charge in [0.2, 0.25) is 5.91 Å². The van der Waals surface area contributed by atoms with Crippen LogP contribution in [0.25, 0.3) is 0 Å². The largest absolute Gasteiger partial charge is 0.365 e. The number of hydrogen-bond acceptors (Lipinski definition) is 2. The van der Waals surface area contributed by atoms with Gasteiger partial charge in [-0.15, -0.1) is 0 Å². The molecule has 4 heteroatoms. The van der Waals surface area contributed by atoms with E-state index in [0.29, 0.717) is 5.92 Å². The van der Waals surface area contributed by atoms with Gasteiger partial charge in [0.15, 0.2) is 0 Å². The first-order chi connectivity index (χ1) is 8.70. The van der Waals surface area contributed by atoms with Crippen LogP contribution in [0.15, 0.2) is 0 Å². The molecule has 1 saturated carbocycles. The summed E-state index contributed by atoms with van der Waals surface area (Å²) < 4.78 is 5.59. The number of ether oxygens (including phenoxy) is 1. The number of hydrogen-bond donors (Lipinski definition) is 1. The van der Waals surface area contributed by atoms with Gasteiger partial charge in [-0.05, 0) is 44.4 Å². The number of alkyl halides is 1. The van der Waals surface area contributed by atoms with Crippen molar-refractivity contribution in [2.24, 2.45) is 11.8 Å². The maximum Gasteiger partial charge on any atom is 0.249 e. The molecule has 104 valence electrons. The summed E-state index contributed by atoms with van der Waals surface area (Å²) in [7, 11) is 0. The van der Waals surface area contributed by atoms with Crippen molar-refractivity contribution in [2.45, 2.75) is 57.7 Å². The lowest BCUT2D eigenvalue weighted by molar-refractivity contribution is -0.132. The highest BCUT2D eigenvalue weighted by atomic mass is 79.9. The van der Waals surface area contributed by atoms with Crippen molar-refractivity contribution in [3.8, 4) is 0 Å². The molecule has 4 atom stereocenters. The zero-order chi connectivity index (χ0) is 13.0. The van der Waals surface area contributed by atoms with E-state index >= 15 is 0 Å². The van der Waals surface area contributed by atoms with Crippen LogP contribution in [0.3, 0.4) is 0 Å². The fourth-order valence-corrected chi connectivity index (χ4v) is 3.95. The van der Waals surface area contributed by atoms with Gasteiger partial charge in [0.25, 0.3) is 0 Å². The quantitative estimate of drug-likeness (QED) is 0.810. The summed E-state index contributed by atoms with van der Waals surface area (Å²) in [4.78, 5) is 12.0. The summed E-state index contributed by atoms with van der Waals surface area (Å²) in [6.45, 7) is 2.86. The van der Waals surface area contributed by atoms with E-state index in [9.17, 15) is 4.79 Å². The van der Waals surface area contributed by atoms with E-state index in [1.54, 1.807) is 0 Å². The van der Waals surface area contributed by atoms with Crippen LogP contribution < -0.4 is 5.32 Å². The van der Waals surface area contributed by atoms with E-state index in [0.717, 1.165) is 30.6 Å². The lowest BCUT2D eigenvalue weighted by Crippen LogP contribution is -2.40. The third-order valence-electron chi connectivity index (χ3n) is 4.33. The monoisotopic (exact) mass is 317 g/mol. The van der Waals surface area contributed by atoms with Crippen molar-refractivity contribution < 1.29 is 9.53 Å². The Hall–Kier alpha value is -0.0900. The van der Waals surface area contributed by atoms with E-state index in [-0.39, 0.29) is 18.1 Å². The van der Waals surface area contributed by atoms with Gasteiger partial charge in [-0.3, -0.25) is 4.79 Å². The first kappa shape index (κ1) is 14.3. The van der Waals surface area contributed by atoms with Gasteiger partial charge in [-0.1, -0.05) is 28.8 Å². The van der Waals surface area contributed by atoms with Crippen molar-refractivity contribution in [3.63, 3.8) is 0 Å². The lowest BCUT2D eigenvalue weighted by atomic mass is 9.80. The molecule has 4 unspecified atom stereocenters. The SMILES string of the molecule is CC1CCC(C(=O)NCC2CCCCC2CBr)O1. The van der Waals surface area contributed by atoms with Crippen LogP contribution >= 0.6 is 15.9 Å². The number of amides is 1. The highest BCUT2D eigenvalue weighted by Crippen LogP contribution is 2.31. The molecule has 2 fully saturated rings. The van der Waals surface area contributed by atoms with Crippen LogP contribution in [0.2, 0.25) is 0 Å². The fourth-order valence-electron chi connectivity index (χ4n) is 3.10. The maximum atomic E-state index is 12.0. The minimum absolute atomic E-state index is 0.0956. The molecule has 2 rings (SSSR count). The van der Waals surface area contributed by atoms with E-state index in [2.05, 4.69) is 21.2 Å². The van der Waals surface area contributed by atoms with Gasteiger partial charge in [-0.2, -0.15) is 0 Å². The van der Waals surface area contributed by atoms with Gasteiger partial charge in [-0.25, -0.2) is 0 Å². The van der Waals surface area contributed by atoms with Crippen LogP contribution in [-0.4, -0.2) is 30.0 Å². The van der Waals surface area contributed by atoms with Gasteiger partial charge < -0.3 is 10.1 Å². The Morgan fingerprint density at radius 2 is 1.94 bits per heavy atom. The molecule has 1 N–H and O–H groups in total. The standard InChI is InChI=1S/C14H24BrNO2/c1-10-6-7-13(18-10)14(17)16-9-12-5-3-2-4-11(12)8-15/h10-13H,2-9H2,1H3,(H,16,17). The molecule has 2 aliphatic rings. The summed E-state index contributed by atoms with van der Waals surface area (Å²) in [5, 5.41) is 4.15. The minimum Gasteiger partial charge on any atom is -0.365 e. The molecule has 1 aliphatic heterocycles. The molecule has 1 amide bonds.